The molecule has 0 atom stereocenters. The van der Waals surface area contributed by atoms with Crippen molar-refractivity contribution in [3.8, 4) is 0 Å². The number of aryl methyl sites for hydroxylation is 6. The minimum absolute atomic E-state index is 0.0862. The Kier molecular flexibility index (Phi) is 12.1. The standard InChI is InChI=1S/C19H25N3O3.C18H23N3O3/c1-14-7-15(2)9-16(8-14)12-25-19(23)21-5-4-6-22-18(11-21)10-17(20-22)13-24-3;1-13-6-14(2)8-15(7-13)12-24-18(23)20-4-3-5-21-17(10-20)9-16(11-22)19-21/h7-10H,4-6,11-13H2,1-3H3;6-9,22H,3-5,10-12H2,1-2H3. The van der Waals surface area contributed by atoms with Crippen molar-refractivity contribution in [3.05, 3.63) is 105 Å². The molecule has 0 spiro atoms. The molecule has 6 rings (SSSR count). The molecule has 0 aliphatic carbocycles. The fourth-order valence-corrected chi connectivity index (χ4v) is 6.43. The molecule has 2 aromatic heterocycles. The number of methoxy groups -OCH3 is 1. The highest BCUT2D eigenvalue weighted by Gasteiger charge is 2.23. The molecule has 1 N–H and O–H groups in total. The summed E-state index contributed by atoms with van der Waals surface area (Å²) < 4.78 is 20.0. The van der Waals surface area contributed by atoms with Gasteiger partial charge in [-0.15, -0.1) is 0 Å². The summed E-state index contributed by atoms with van der Waals surface area (Å²) in [5, 5.41) is 18.1. The molecule has 2 aliphatic heterocycles. The highest BCUT2D eigenvalue weighted by atomic mass is 16.6. The Hall–Kier alpha value is -4.68. The summed E-state index contributed by atoms with van der Waals surface area (Å²) in [5.41, 5.74) is 10.2. The Bertz CT molecular complexity index is 1710. The summed E-state index contributed by atoms with van der Waals surface area (Å²) in [6.07, 6.45) is 1.09. The fourth-order valence-electron chi connectivity index (χ4n) is 6.43. The maximum absolute atomic E-state index is 12.5. The highest BCUT2D eigenvalue weighted by Crippen LogP contribution is 2.18. The quantitative estimate of drug-likeness (QED) is 0.264. The molecule has 0 saturated heterocycles. The van der Waals surface area contributed by atoms with Gasteiger partial charge in [-0.25, -0.2) is 9.59 Å². The van der Waals surface area contributed by atoms with E-state index in [0.29, 0.717) is 45.1 Å². The average Bonchev–Trinajstić information content (AvgIpc) is 3.49. The van der Waals surface area contributed by atoms with Crippen molar-refractivity contribution in [1.82, 2.24) is 29.4 Å². The normalized spacial score (nSPS) is 14.2. The number of aromatic nitrogens is 4. The summed E-state index contributed by atoms with van der Waals surface area (Å²) in [7, 11) is 1.65. The van der Waals surface area contributed by atoms with Crippen molar-refractivity contribution in [2.24, 2.45) is 0 Å². The number of aliphatic hydroxyl groups is 1. The summed E-state index contributed by atoms with van der Waals surface area (Å²) in [5.74, 6) is 0. The van der Waals surface area contributed by atoms with Crippen LogP contribution in [0.1, 0.15) is 69.0 Å². The number of amides is 2. The predicted octanol–water partition coefficient (Wildman–Crippen LogP) is 5.72. The van der Waals surface area contributed by atoms with Gasteiger partial charge in [0.15, 0.2) is 0 Å². The Morgan fingerprint density at radius 3 is 1.49 bits per heavy atom. The van der Waals surface area contributed by atoms with Crippen LogP contribution in [-0.2, 0) is 66.8 Å². The predicted molar refractivity (Wildman–Crippen MR) is 183 cm³/mol. The molecule has 2 amide bonds. The highest BCUT2D eigenvalue weighted by molar-refractivity contribution is 5.68. The van der Waals surface area contributed by atoms with Crippen LogP contribution in [0.3, 0.4) is 0 Å². The molecule has 12 nitrogen and oxygen atoms in total. The fraction of sp³-hybridized carbons (Fsp3) is 0.459. The molecular formula is C37H48N6O6. The van der Waals surface area contributed by atoms with Gasteiger partial charge >= 0.3 is 12.2 Å². The lowest BCUT2D eigenvalue weighted by Crippen LogP contribution is -2.31. The lowest BCUT2D eigenvalue weighted by Gasteiger charge is -2.19. The van der Waals surface area contributed by atoms with Crippen molar-refractivity contribution in [1.29, 1.82) is 0 Å². The van der Waals surface area contributed by atoms with E-state index in [9.17, 15) is 14.7 Å². The molecule has 2 aliphatic rings. The maximum atomic E-state index is 12.5. The Labute approximate surface area is 288 Å². The smallest absolute Gasteiger partial charge is 0.410 e. The average molecular weight is 673 g/mol. The maximum Gasteiger partial charge on any atom is 0.410 e. The van der Waals surface area contributed by atoms with Crippen LogP contribution in [0, 0.1) is 27.7 Å². The molecule has 0 bridgehead atoms. The number of fused-ring (bicyclic) bond motifs is 2. The molecule has 4 aromatic rings. The van der Waals surface area contributed by atoms with Crippen molar-refractivity contribution in [2.45, 2.75) is 93.1 Å². The zero-order chi connectivity index (χ0) is 34.9. The molecule has 0 radical (unpaired) electrons. The number of ether oxygens (including phenoxy) is 3. The molecule has 49 heavy (non-hydrogen) atoms. The lowest BCUT2D eigenvalue weighted by molar-refractivity contribution is 0.0935. The van der Waals surface area contributed by atoms with E-state index in [0.717, 1.165) is 65.3 Å². The number of carbonyl (C=O) groups is 2. The first-order valence-electron chi connectivity index (χ1n) is 16.8. The zero-order valence-corrected chi connectivity index (χ0v) is 29.3. The van der Waals surface area contributed by atoms with Gasteiger partial charge in [0.1, 0.15) is 13.2 Å². The van der Waals surface area contributed by atoms with Crippen LogP contribution in [0.4, 0.5) is 9.59 Å². The summed E-state index contributed by atoms with van der Waals surface area (Å²) >= 11 is 0. The van der Waals surface area contributed by atoms with Gasteiger partial charge in [-0.2, -0.15) is 10.2 Å². The van der Waals surface area contributed by atoms with E-state index < -0.39 is 0 Å². The zero-order valence-electron chi connectivity index (χ0n) is 29.3. The summed E-state index contributed by atoms with van der Waals surface area (Å²) in [4.78, 5) is 28.3. The third-order valence-electron chi connectivity index (χ3n) is 8.39. The van der Waals surface area contributed by atoms with Crippen LogP contribution in [-0.4, -0.2) is 66.9 Å². The Morgan fingerprint density at radius 1 is 0.633 bits per heavy atom. The van der Waals surface area contributed by atoms with Crippen molar-refractivity contribution in [2.75, 3.05) is 20.2 Å². The minimum Gasteiger partial charge on any atom is -0.445 e. The minimum atomic E-state index is -0.311. The SMILES string of the molecule is COCc1cc2n(n1)CCCN(C(=O)OCc1cc(C)cc(C)c1)C2.Cc1cc(C)cc(COC(=O)N2CCCn3nc(CO)cc3C2)c1. The van der Waals surface area contributed by atoms with Gasteiger partial charge in [-0.05, 0) is 63.8 Å². The van der Waals surface area contributed by atoms with Gasteiger partial charge in [-0.3, -0.25) is 9.36 Å². The van der Waals surface area contributed by atoms with Crippen LogP contribution >= 0.6 is 0 Å². The van der Waals surface area contributed by atoms with Crippen LogP contribution < -0.4 is 0 Å². The number of rotatable bonds is 7. The first-order valence-corrected chi connectivity index (χ1v) is 16.8. The van der Waals surface area contributed by atoms with Crippen molar-refractivity contribution >= 4 is 12.2 Å². The van der Waals surface area contributed by atoms with Crippen LogP contribution in [0.25, 0.3) is 0 Å². The Balaban J connectivity index is 0.000000191. The third-order valence-corrected chi connectivity index (χ3v) is 8.39. The van der Waals surface area contributed by atoms with Crippen LogP contribution in [0.15, 0.2) is 48.5 Å². The molecule has 0 fully saturated rings. The van der Waals surface area contributed by atoms with Gasteiger partial charge in [-0.1, -0.05) is 58.7 Å². The molecule has 0 saturated carbocycles. The summed E-state index contributed by atoms with van der Waals surface area (Å²) in [6.45, 7) is 13.0. The molecule has 12 heteroatoms. The van der Waals surface area contributed by atoms with E-state index in [2.05, 4.69) is 34.5 Å². The molecule has 2 aromatic carbocycles. The van der Waals surface area contributed by atoms with E-state index in [4.69, 9.17) is 14.2 Å². The monoisotopic (exact) mass is 672 g/mol. The van der Waals surface area contributed by atoms with E-state index in [-0.39, 0.29) is 25.4 Å². The first-order chi connectivity index (χ1) is 23.6. The summed E-state index contributed by atoms with van der Waals surface area (Å²) in [6, 6.07) is 16.2. The van der Waals surface area contributed by atoms with E-state index >= 15 is 0 Å². The van der Waals surface area contributed by atoms with Gasteiger partial charge < -0.3 is 29.1 Å². The lowest BCUT2D eigenvalue weighted by atomic mass is 10.1. The van der Waals surface area contributed by atoms with E-state index in [1.54, 1.807) is 16.9 Å². The van der Waals surface area contributed by atoms with E-state index in [1.807, 2.05) is 61.3 Å². The molecule has 4 heterocycles. The topological polar surface area (TPSA) is 124 Å². The van der Waals surface area contributed by atoms with Gasteiger partial charge in [0.2, 0.25) is 0 Å². The number of aliphatic hydroxyl groups excluding tert-OH is 1. The van der Waals surface area contributed by atoms with Crippen molar-refractivity contribution in [3.63, 3.8) is 0 Å². The van der Waals surface area contributed by atoms with Crippen LogP contribution in [0.2, 0.25) is 0 Å². The third kappa shape index (κ3) is 9.93. The molecule has 262 valence electrons. The number of hydrogen-bond donors (Lipinski definition) is 1. The first kappa shape index (κ1) is 35.6. The second-order valence-electron chi connectivity index (χ2n) is 12.9. The van der Waals surface area contributed by atoms with E-state index in [1.165, 1.54) is 11.1 Å². The number of nitrogens with zero attached hydrogens (tertiary/aromatic N) is 6. The number of carbonyl (C=O) groups excluding carboxylic acids is 2. The second kappa shape index (κ2) is 16.6. The number of hydrogen-bond acceptors (Lipinski definition) is 8. The van der Waals surface area contributed by atoms with Gasteiger partial charge in [0, 0.05) is 33.3 Å². The van der Waals surface area contributed by atoms with Gasteiger partial charge in [0.25, 0.3) is 0 Å². The number of benzene rings is 2. The van der Waals surface area contributed by atoms with Crippen molar-refractivity contribution < 1.29 is 28.9 Å². The van der Waals surface area contributed by atoms with Crippen LogP contribution in [0.5, 0.6) is 0 Å². The Morgan fingerprint density at radius 2 is 1.06 bits per heavy atom. The van der Waals surface area contributed by atoms with Gasteiger partial charge in [0.05, 0.1) is 49.1 Å². The molecular weight excluding hydrogens is 624 g/mol. The second-order valence-corrected chi connectivity index (χ2v) is 12.9. The molecule has 0 unspecified atom stereocenters. The largest absolute Gasteiger partial charge is 0.445 e.